The van der Waals surface area contributed by atoms with Gasteiger partial charge in [0.15, 0.2) is 0 Å². The van der Waals surface area contributed by atoms with Gasteiger partial charge in [0.25, 0.3) is 0 Å². The first kappa shape index (κ1) is 9.45. The lowest BCUT2D eigenvalue weighted by Crippen LogP contribution is -2.11. The molecule has 0 bridgehead atoms. The van der Waals surface area contributed by atoms with Crippen LogP contribution in [0.1, 0.15) is 0 Å². The monoisotopic (exact) mass is 204 g/mol. The van der Waals surface area contributed by atoms with Gasteiger partial charge in [-0.1, -0.05) is 5.21 Å². The summed E-state index contributed by atoms with van der Waals surface area (Å²) < 4.78 is 1.76. The van der Waals surface area contributed by atoms with Crippen LogP contribution in [0.25, 0.3) is 0 Å². The molecular weight excluding hydrogens is 192 g/mol. The van der Waals surface area contributed by atoms with Crippen molar-refractivity contribution in [2.45, 2.75) is 6.54 Å². The third-order valence-corrected chi connectivity index (χ3v) is 1.93. The number of nitrogen functional groups attached to an aromatic ring is 1. The van der Waals surface area contributed by atoms with Crippen LogP contribution in [0.15, 0.2) is 30.7 Å². The number of anilines is 2. The van der Waals surface area contributed by atoms with Gasteiger partial charge in [-0.2, -0.15) is 0 Å². The Morgan fingerprint density at radius 1 is 1.40 bits per heavy atom. The lowest BCUT2D eigenvalue weighted by Gasteiger charge is -2.05. The van der Waals surface area contributed by atoms with Crippen molar-refractivity contribution in [3.63, 3.8) is 0 Å². The van der Waals surface area contributed by atoms with E-state index >= 15 is 0 Å². The van der Waals surface area contributed by atoms with Crippen molar-refractivity contribution in [3.8, 4) is 0 Å². The normalized spacial score (nSPS) is 10.1. The average molecular weight is 204 g/mol. The predicted molar refractivity (Wildman–Crippen MR) is 57.2 cm³/mol. The van der Waals surface area contributed by atoms with Crippen LogP contribution < -0.4 is 11.1 Å². The number of nitrogens with zero attached hydrogens (tertiary/aromatic N) is 4. The van der Waals surface area contributed by atoms with Crippen molar-refractivity contribution in [1.82, 2.24) is 20.0 Å². The van der Waals surface area contributed by atoms with E-state index < -0.39 is 0 Å². The molecule has 6 heteroatoms. The van der Waals surface area contributed by atoms with Gasteiger partial charge in [-0.15, -0.1) is 5.10 Å². The molecule has 3 N–H and O–H groups in total. The number of rotatable bonds is 4. The molecule has 0 saturated heterocycles. The highest BCUT2D eigenvalue weighted by molar-refractivity contribution is 5.45. The minimum atomic E-state index is 0.525. The van der Waals surface area contributed by atoms with Crippen LogP contribution in [0.2, 0.25) is 0 Å². The Balaban J connectivity index is 1.81. The van der Waals surface area contributed by atoms with Crippen LogP contribution in [-0.2, 0) is 6.54 Å². The van der Waals surface area contributed by atoms with E-state index in [2.05, 4.69) is 20.6 Å². The van der Waals surface area contributed by atoms with Gasteiger partial charge in [-0.3, -0.25) is 4.68 Å². The van der Waals surface area contributed by atoms with E-state index in [9.17, 15) is 0 Å². The highest BCUT2D eigenvalue weighted by Crippen LogP contribution is 2.05. The second-order valence-corrected chi connectivity index (χ2v) is 3.06. The summed E-state index contributed by atoms with van der Waals surface area (Å²) in [6.07, 6.45) is 5.18. The maximum absolute atomic E-state index is 5.47. The Labute approximate surface area is 87.1 Å². The van der Waals surface area contributed by atoms with Crippen LogP contribution in [-0.4, -0.2) is 26.5 Å². The van der Waals surface area contributed by atoms with Crippen molar-refractivity contribution >= 4 is 11.5 Å². The van der Waals surface area contributed by atoms with Gasteiger partial charge in [0.2, 0.25) is 0 Å². The van der Waals surface area contributed by atoms with E-state index in [1.54, 1.807) is 23.1 Å². The molecule has 0 radical (unpaired) electrons. The summed E-state index contributed by atoms with van der Waals surface area (Å²) >= 11 is 0. The molecule has 0 amide bonds. The predicted octanol–water partition coefficient (Wildman–Crippen LogP) is 0.367. The molecule has 15 heavy (non-hydrogen) atoms. The summed E-state index contributed by atoms with van der Waals surface area (Å²) in [5.74, 6) is 0.525. The van der Waals surface area contributed by atoms with Gasteiger partial charge in [0.05, 0.1) is 24.6 Å². The zero-order valence-electron chi connectivity index (χ0n) is 8.17. The van der Waals surface area contributed by atoms with E-state index in [1.165, 1.54) is 0 Å². The minimum absolute atomic E-state index is 0.525. The summed E-state index contributed by atoms with van der Waals surface area (Å²) in [7, 11) is 0. The van der Waals surface area contributed by atoms with Gasteiger partial charge in [-0.05, 0) is 12.1 Å². The van der Waals surface area contributed by atoms with E-state index in [4.69, 9.17) is 5.73 Å². The van der Waals surface area contributed by atoms with Gasteiger partial charge < -0.3 is 11.1 Å². The van der Waals surface area contributed by atoms with Gasteiger partial charge >= 0.3 is 0 Å². The SMILES string of the molecule is Nc1ccc(NCCn2ccnn2)cn1. The number of nitrogens with one attached hydrogen (secondary N) is 1. The van der Waals surface area contributed by atoms with Crippen molar-refractivity contribution < 1.29 is 0 Å². The van der Waals surface area contributed by atoms with Crippen LogP contribution in [0.4, 0.5) is 11.5 Å². The molecule has 0 saturated carbocycles. The van der Waals surface area contributed by atoms with Crippen LogP contribution in [0.5, 0.6) is 0 Å². The van der Waals surface area contributed by atoms with E-state index in [1.807, 2.05) is 12.3 Å². The molecule has 78 valence electrons. The van der Waals surface area contributed by atoms with Gasteiger partial charge in [0, 0.05) is 12.7 Å². The van der Waals surface area contributed by atoms with Crippen LogP contribution >= 0.6 is 0 Å². The second kappa shape index (κ2) is 4.41. The minimum Gasteiger partial charge on any atom is -0.384 e. The first-order valence-corrected chi connectivity index (χ1v) is 4.64. The highest BCUT2D eigenvalue weighted by Gasteiger charge is 1.93. The largest absolute Gasteiger partial charge is 0.384 e. The summed E-state index contributed by atoms with van der Waals surface area (Å²) in [5, 5.41) is 10.8. The molecule has 2 heterocycles. The molecule has 0 fully saturated rings. The number of pyridine rings is 1. The summed E-state index contributed by atoms with van der Waals surface area (Å²) in [6, 6.07) is 3.65. The summed E-state index contributed by atoms with van der Waals surface area (Å²) in [4.78, 5) is 3.98. The quantitative estimate of drug-likeness (QED) is 0.751. The van der Waals surface area contributed by atoms with Crippen molar-refractivity contribution in [2.75, 3.05) is 17.6 Å². The maximum Gasteiger partial charge on any atom is 0.123 e. The molecule has 0 aromatic carbocycles. The molecule has 2 rings (SSSR count). The lowest BCUT2D eigenvalue weighted by molar-refractivity contribution is 0.609. The first-order valence-electron chi connectivity index (χ1n) is 4.64. The van der Waals surface area contributed by atoms with E-state index in [0.29, 0.717) is 5.82 Å². The Bertz CT molecular complexity index is 393. The second-order valence-electron chi connectivity index (χ2n) is 3.06. The van der Waals surface area contributed by atoms with Crippen molar-refractivity contribution in [3.05, 3.63) is 30.7 Å². The fourth-order valence-corrected chi connectivity index (χ4v) is 1.18. The standard InChI is InChI=1S/C9H12N6/c10-9-2-1-8(7-12-9)11-3-5-15-6-4-13-14-15/h1-2,4,6-7,11H,3,5H2,(H2,10,12). The fourth-order valence-electron chi connectivity index (χ4n) is 1.18. The average Bonchev–Trinajstić information content (AvgIpc) is 2.74. The van der Waals surface area contributed by atoms with Crippen molar-refractivity contribution in [2.24, 2.45) is 0 Å². The molecule has 0 aliphatic carbocycles. The molecule has 0 aliphatic rings. The fraction of sp³-hybridized carbons (Fsp3) is 0.222. The topological polar surface area (TPSA) is 81.6 Å². The van der Waals surface area contributed by atoms with E-state index in [0.717, 1.165) is 18.8 Å². The molecule has 6 nitrogen and oxygen atoms in total. The Kier molecular flexibility index (Phi) is 2.77. The molecule has 2 aromatic heterocycles. The third-order valence-electron chi connectivity index (χ3n) is 1.93. The van der Waals surface area contributed by atoms with Crippen LogP contribution in [0.3, 0.4) is 0 Å². The van der Waals surface area contributed by atoms with Gasteiger partial charge in [-0.25, -0.2) is 4.98 Å². The Morgan fingerprint density at radius 2 is 2.33 bits per heavy atom. The Hall–Kier alpha value is -2.11. The molecule has 0 aliphatic heterocycles. The maximum atomic E-state index is 5.47. The molecule has 0 spiro atoms. The van der Waals surface area contributed by atoms with Crippen molar-refractivity contribution in [1.29, 1.82) is 0 Å². The molecule has 0 unspecified atom stereocenters. The molecule has 0 atom stereocenters. The number of nitrogens with two attached hydrogens (primary N) is 1. The van der Waals surface area contributed by atoms with Crippen LogP contribution in [0, 0.1) is 0 Å². The van der Waals surface area contributed by atoms with Gasteiger partial charge in [0.1, 0.15) is 5.82 Å². The number of aromatic nitrogens is 4. The first-order chi connectivity index (χ1) is 7.34. The highest BCUT2D eigenvalue weighted by atomic mass is 15.4. The molecule has 2 aromatic rings. The summed E-state index contributed by atoms with van der Waals surface area (Å²) in [6.45, 7) is 1.54. The number of hydrogen-bond acceptors (Lipinski definition) is 5. The molecular formula is C9H12N6. The smallest absolute Gasteiger partial charge is 0.123 e. The third kappa shape index (κ3) is 2.67. The lowest BCUT2D eigenvalue weighted by atomic mass is 10.4. The zero-order valence-corrected chi connectivity index (χ0v) is 8.17. The number of hydrogen-bond donors (Lipinski definition) is 2. The summed E-state index contributed by atoms with van der Waals surface area (Å²) in [5.41, 5.74) is 6.42. The van der Waals surface area contributed by atoms with E-state index in [-0.39, 0.29) is 0 Å². The Morgan fingerprint density at radius 3 is 3.00 bits per heavy atom. The zero-order chi connectivity index (χ0) is 10.5.